The number of carbonyl (C=O) groups is 2. The average Bonchev–Trinajstić information content (AvgIpc) is 2.82. The molecule has 0 aliphatic carbocycles. The molecule has 1 unspecified atom stereocenters. The third-order valence-electron chi connectivity index (χ3n) is 5.37. The summed E-state index contributed by atoms with van der Waals surface area (Å²) in [6.07, 6.45) is 2.49. The van der Waals surface area contributed by atoms with Crippen molar-refractivity contribution in [2.24, 2.45) is 0 Å². The van der Waals surface area contributed by atoms with E-state index in [1.54, 1.807) is 48.0 Å². The number of nitrogens with zero attached hydrogens (tertiary/aromatic N) is 1. The Morgan fingerprint density at radius 2 is 1.81 bits per heavy atom. The highest BCUT2D eigenvalue weighted by Crippen LogP contribution is 2.32. The maximum atomic E-state index is 13.4. The van der Waals surface area contributed by atoms with Gasteiger partial charge in [0.15, 0.2) is 0 Å². The zero-order valence-electron chi connectivity index (χ0n) is 20.2. The fourth-order valence-electron chi connectivity index (χ4n) is 3.59. The zero-order valence-corrected chi connectivity index (χ0v) is 24.1. The number of aryl methyl sites for hydroxylation is 1. The first-order chi connectivity index (χ1) is 17.2. The minimum atomic E-state index is -0.651. The second kappa shape index (κ2) is 13.4. The lowest BCUT2D eigenvalue weighted by Gasteiger charge is -2.25. The van der Waals surface area contributed by atoms with Crippen LogP contribution in [0.3, 0.4) is 0 Å². The molecule has 1 N–H and O–H groups in total. The Morgan fingerprint density at radius 3 is 2.47 bits per heavy atom. The quantitative estimate of drug-likeness (QED) is 0.261. The molecule has 2 amide bonds. The number of hydrogen-bond donors (Lipinski definition) is 1. The van der Waals surface area contributed by atoms with E-state index in [4.69, 9.17) is 27.9 Å². The Bertz CT molecular complexity index is 1220. The van der Waals surface area contributed by atoms with E-state index in [0.29, 0.717) is 33.5 Å². The van der Waals surface area contributed by atoms with Gasteiger partial charge in [-0.1, -0.05) is 62.9 Å². The highest BCUT2D eigenvalue weighted by atomic mass is 79.9. The topological polar surface area (TPSA) is 58.6 Å². The Balaban J connectivity index is 1.78. The predicted octanol–water partition coefficient (Wildman–Crippen LogP) is 7.37. The van der Waals surface area contributed by atoms with Crippen molar-refractivity contribution in [3.05, 3.63) is 91.9 Å². The van der Waals surface area contributed by atoms with Crippen molar-refractivity contribution in [1.82, 2.24) is 10.2 Å². The van der Waals surface area contributed by atoms with E-state index in [0.717, 1.165) is 21.4 Å². The Kier molecular flexibility index (Phi) is 10.5. The van der Waals surface area contributed by atoms with Crippen molar-refractivity contribution in [2.75, 3.05) is 19.1 Å². The van der Waals surface area contributed by atoms with E-state index in [9.17, 15) is 9.59 Å². The Labute approximate surface area is 234 Å². The number of ether oxygens (including phenoxy) is 1. The molecule has 190 valence electrons. The number of hydrogen-bond acceptors (Lipinski definition) is 4. The second-order valence-corrected chi connectivity index (χ2v) is 11.1. The van der Waals surface area contributed by atoms with Crippen molar-refractivity contribution >= 4 is 62.7 Å². The molecule has 0 bridgehead atoms. The van der Waals surface area contributed by atoms with Gasteiger partial charge in [0.05, 0.1) is 0 Å². The summed E-state index contributed by atoms with van der Waals surface area (Å²) >= 11 is 17.3. The van der Waals surface area contributed by atoms with Gasteiger partial charge in [-0.2, -0.15) is 11.8 Å². The lowest BCUT2D eigenvalue weighted by molar-refractivity contribution is -0.132. The smallest absolute Gasteiger partial charge is 0.251 e. The van der Waals surface area contributed by atoms with Crippen molar-refractivity contribution in [1.29, 1.82) is 0 Å². The molecule has 36 heavy (non-hydrogen) atoms. The Morgan fingerprint density at radius 1 is 1.08 bits per heavy atom. The first-order valence-corrected chi connectivity index (χ1v) is 14.1. The lowest BCUT2D eigenvalue weighted by Crippen LogP contribution is -2.47. The summed E-state index contributed by atoms with van der Waals surface area (Å²) in [5.41, 5.74) is 2.30. The van der Waals surface area contributed by atoms with Crippen LogP contribution in [0.15, 0.2) is 65.1 Å². The molecule has 3 aromatic rings. The van der Waals surface area contributed by atoms with Crippen molar-refractivity contribution in [3.63, 3.8) is 0 Å². The van der Waals surface area contributed by atoms with Crippen LogP contribution < -0.4 is 10.1 Å². The zero-order chi connectivity index (χ0) is 26.2. The number of benzene rings is 3. The summed E-state index contributed by atoms with van der Waals surface area (Å²) in [6, 6.07) is 17.2. The molecule has 0 aromatic heterocycles. The fourth-order valence-corrected chi connectivity index (χ4v) is 4.91. The number of amides is 2. The minimum absolute atomic E-state index is 0.176. The van der Waals surface area contributed by atoms with E-state index in [1.807, 2.05) is 49.6 Å². The van der Waals surface area contributed by atoms with Crippen LogP contribution in [0.1, 0.15) is 27.9 Å². The normalized spacial score (nSPS) is 11.6. The molecule has 3 rings (SSSR count). The van der Waals surface area contributed by atoms with Crippen LogP contribution in [-0.4, -0.2) is 41.8 Å². The van der Waals surface area contributed by atoms with Crippen molar-refractivity contribution < 1.29 is 14.3 Å². The largest absolute Gasteiger partial charge is 0.457 e. The third kappa shape index (κ3) is 8.17. The van der Waals surface area contributed by atoms with Crippen LogP contribution in [-0.2, 0) is 11.3 Å². The first-order valence-electron chi connectivity index (χ1n) is 11.2. The van der Waals surface area contributed by atoms with E-state index in [-0.39, 0.29) is 18.4 Å². The third-order valence-corrected chi connectivity index (χ3v) is 6.94. The average molecular weight is 610 g/mol. The molecule has 0 fully saturated rings. The van der Waals surface area contributed by atoms with Gasteiger partial charge in [0.1, 0.15) is 17.5 Å². The minimum Gasteiger partial charge on any atom is -0.457 e. The highest BCUT2D eigenvalue weighted by Gasteiger charge is 2.25. The molecule has 5 nitrogen and oxygen atoms in total. The second-order valence-electron chi connectivity index (χ2n) is 8.33. The van der Waals surface area contributed by atoms with E-state index < -0.39 is 6.04 Å². The van der Waals surface area contributed by atoms with Gasteiger partial charge in [-0.3, -0.25) is 9.59 Å². The van der Waals surface area contributed by atoms with Crippen LogP contribution in [0.5, 0.6) is 11.5 Å². The van der Waals surface area contributed by atoms with Gasteiger partial charge in [0, 0.05) is 39.2 Å². The molecular formula is C27H27BrCl2N2O3S. The van der Waals surface area contributed by atoms with Gasteiger partial charge < -0.3 is 15.0 Å². The van der Waals surface area contributed by atoms with Crippen molar-refractivity contribution in [3.8, 4) is 11.5 Å². The SMILES string of the molecule is CSCCC(NC(=O)c1cccc(C)c1)C(=O)N(C)Cc1ccc(Br)cc1Oc1cc(Cl)cc(Cl)c1. The molecule has 0 radical (unpaired) electrons. The lowest BCUT2D eigenvalue weighted by atomic mass is 10.1. The van der Waals surface area contributed by atoms with E-state index in [2.05, 4.69) is 21.2 Å². The first kappa shape index (κ1) is 28.4. The number of thioether (sulfide) groups is 1. The summed E-state index contributed by atoms with van der Waals surface area (Å²) in [5.74, 6) is 1.35. The number of likely N-dealkylation sites (N-methyl/N-ethyl adjacent to an activating group) is 1. The summed E-state index contributed by atoms with van der Waals surface area (Å²) in [7, 11) is 1.72. The van der Waals surface area contributed by atoms with E-state index in [1.165, 1.54) is 0 Å². The molecule has 0 aliphatic heterocycles. The Hall–Kier alpha value is -2.19. The maximum absolute atomic E-state index is 13.4. The molecule has 0 saturated carbocycles. The maximum Gasteiger partial charge on any atom is 0.251 e. The summed E-state index contributed by atoms with van der Waals surface area (Å²) < 4.78 is 6.91. The molecule has 0 saturated heterocycles. The summed E-state index contributed by atoms with van der Waals surface area (Å²) in [6.45, 7) is 2.21. The molecular weight excluding hydrogens is 583 g/mol. The molecule has 0 aliphatic rings. The number of halogens is 3. The van der Waals surface area contributed by atoms with Crippen molar-refractivity contribution in [2.45, 2.75) is 25.9 Å². The molecule has 1 atom stereocenters. The molecule has 9 heteroatoms. The molecule has 3 aromatic carbocycles. The van der Waals surface area contributed by atoms with Crippen LogP contribution in [0, 0.1) is 6.92 Å². The van der Waals surface area contributed by atoms with Gasteiger partial charge >= 0.3 is 0 Å². The van der Waals surface area contributed by atoms with Gasteiger partial charge in [-0.25, -0.2) is 0 Å². The molecule has 0 spiro atoms. The van der Waals surface area contributed by atoms with Gasteiger partial charge in [-0.05, 0) is 67.8 Å². The van der Waals surface area contributed by atoms with Gasteiger partial charge in [0.2, 0.25) is 5.91 Å². The summed E-state index contributed by atoms with van der Waals surface area (Å²) in [5, 5.41) is 3.85. The van der Waals surface area contributed by atoms with Crippen LogP contribution in [0.25, 0.3) is 0 Å². The number of nitrogens with one attached hydrogen (secondary N) is 1. The van der Waals surface area contributed by atoms with E-state index >= 15 is 0 Å². The van der Waals surface area contributed by atoms with Gasteiger partial charge in [-0.15, -0.1) is 0 Å². The fraction of sp³-hybridized carbons (Fsp3) is 0.259. The monoisotopic (exact) mass is 608 g/mol. The molecule has 0 heterocycles. The number of carbonyl (C=O) groups excluding carboxylic acids is 2. The highest BCUT2D eigenvalue weighted by molar-refractivity contribution is 9.10. The van der Waals surface area contributed by atoms with Crippen LogP contribution >= 0.6 is 50.9 Å². The summed E-state index contributed by atoms with van der Waals surface area (Å²) in [4.78, 5) is 27.9. The van der Waals surface area contributed by atoms with Crippen LogP contribution in [0.2, 0.25) is 10.0 Å². The van der Waals surface area contributed by atoms with Crippen LogP contribution in [0.4, 0.5) is 0 Å². The number of rotatable bonds is 10. The standard InChI is InChI=1S/C27H27BrCl2N2O3S/c1-17-5-4-6-18(11-17)26(33)31-24(9-10-36-3)27(34)32(2)16-19-7-8-20(28)12-25(19)35-23-14-21(29)13-22(30)15-23/h4-8,11-15,24H,9-10,16H2,1-3H3,(H,31,33). The van der Waals surface area contributed by atoms with Gasteiger partial charge in [0.25, 0.3) is 5.91 Å². The predicted molar refractivity (Wildman–Crippen MR) is 153 cm³/mol.